The van der Waals surface area contributed by atoms with Crippen molar-refractivity contribution in [1.29, 1.82) is 0 Å². The van der Waals surface area contributed by atoms with Crippen molar-refractivity contribution >= 4 is 17.6 Å². The predicted molar refractivity (Wildman–Crippen MR) is 69.7 cm³/mol. The van der Waals surface area contributed by atoms with Crippen LogP contribution in [0.1, 0.15) is 38.5 Å². The Morgan fingerprint density at radius 3 is 1.14 bits per heavy atom. The molecule has 0 amide bonds. The van der Waals surface area contributed by atoms with Gasteiger partial charge >= 0.3 is 17.6 Å². The second-order valence-electron chi connectivity index (χ2n) is 3.66. The number of nitrogens with two attached hydrogens (primary N) is 3. The summed E-state index contributed by atoms with van der Waals surface area (Å²) in [6.45, 7) is 2.42. The van der Waals surface area contributed by atoms with E-state index in [0.29, 0.717) is 0 Å². The molecule has 0 aliphatic heterocycles. The van der Waals surface area contributed by atoms with Crippen molar-refractivity contribution < 1.29 is 0 Å². The molecular weight excluding hydrogens is 235 g/mol. The zero-order chi connectivity index (χ0) is 9.94. The van der Waals surface area contributed by atoms with Crippen molar-refractivity contribution in [1.82, 2.24) is 0 Å². The average Bonchev–Trinajstić information content (AvgIpc) is 2.17. The van der Waals surface area contributed by atoms with E-state index in [4.69, 9.17) is 17.2 Å². The first-order chi connectivity index (χ1) is 6.35. The molecule has 0 aromatic carbocycles. The maximum absolute atomic E-state index is 5.48. The van der Waals surface area contributed by atoms with E-state index in [2.05, 4.69) is 0 Å². The summed E-state index contributed by atoms with van der Waals surface area (Å²) >= 11 is 0. The molecule has 88 valence electrons. The van der Waals surface area contributed by atoms with Crippen molar-refractivity contribution in [2.45, 2.75) is 38.5 Å². The monoisotopic (exact) mass is 265 g/mol. The third kappa shape index (κ3) is 10.5. The van der Waals surface area contributed by atoms with Gasteiger partial charge in [-0.3, -0.25) is 0 Å². The van der Waals surface area contributed by atoms with Crippen LogP contribution in [-0.4, -0.2) is 37.2 Å². The van der Waals surface area contributed by atoms with Crippen LogP contribution < -0.4 is 17.2 Å². The van der Waals surface area contributed by atoms with Gasteiger partial charge < -0.3 is 17.2 Å². The van der Waals surface area contributed by atoms with Gasteiger partial charge in [0.25, 0.3) is 0 Å². The van der Waals surface area contributed by atoms with E-state index in [-0.39, 0.29) is 17.6 Å². The SMILES string of the molecule is NCCCC(CCCN)CCCN.[GeH4]. The van der Waals surface area contributed by atoms with Crippen molar-refractivity contribution in [3.63, 3.8) is 0 Å². The van der Waals surface area contributed by atoms with Gasteiger partial charge in [-0.25, -0.2) is 0 Å². The molecule has 0 aromatic rings. The molecule has 0 aliphatic carbocycles. The summed E-state index contributed by atoms with van der Waals surface area (Å²) in [7, 11) is 0. The zero-order valence-corrected chi connectivity index (χ0v) is 8.67. The minimum absolute atomic E-state index is 0. The Kier molecular flexibility index (Phi) is 16.1. The summed E-state index contributed by atoms with van der Waals surface area (Å²) in [6, 6.07) is 0. The van der Waals surface area contributed by atoms with Crippen molar-refractivity contribution in [2.24, 2.45) is 23.1 Å². The van der Waals surface area contributed by atoms with E-state index < -0.39 is 0 Å². The quantitative estimate of drug-likeness (QED) is 0.485. The summed E-state index contributed by atoms with van der Waals surface area (Å²) in [5, 5.41) is 0. The van der Waals surface area contributed by atoms with Crippen LogP contribution in [0.3, 0.4) is 0 Å². The molecule has 0 bridgehead atoms. The van der Waals surface area contributed by atoms with Gasteiger partial charge in [-0.15, -0.1) is 0 Å². The van der Waals surface area contributed by atoms with Gasteiger partial charge in [-0.2, -0.15) is 0 Å². The maximum atomic E-state index is 5.48. The first kappa shape index (κ1) is 16.8. The van der Waals surface area contributed by atoms with E-state index in [0.717, 1.165) is 44.8 Å². The molecule has 4 heteroatoms. The molecule has 0 saturated carbocycles. The van der Waals surface area contributed by atoms with E-state index >= 15 is 0 Å². The topological polar surface area (TPSA) is 78.1 Å². The van der Waals surface area contributed by atoms with Gasteiger partial charge in [-0.1, -0.05) is 0 Å². The molecule has 6 N–H and O–H groups in total. The van der Waals surface area contributed by atoms with Crippen LogP contribution in [-0.2, 0) is 0 Å². The van der Waals surface area contributed by atoms with Crippen LogP contribution in [0.5, 0.6) is 0 Å². The molecule has 0 fully saturated rings. The van der Waals surface area contributed by atoms with Gasteiger partial charge in [0.15, 0.2) is 0 Å². The van der Waals surface area contributed by atoms with Crippen molar-refractivity contribution in [3.8, 4) is 0 Å². The Morgan fingerprint density at radius 1 is 0.643 bits per heavy atom. The number of rotatable bonds is 9. The Balaban J connectivity index is 0. The molecule has 0 aromatic heterocycles. The minimum atomic E-state index is 0. The van der Waals surface area contributed by atoms with Crippen molar-refractivity contribution in [2.75, 3.05) is 19.6 Å². The van der Waals surface area contributed by atoms with Crippen LogP contribution in [0.2, 0.25) is 0 Å². The Morgan fingerprint density at radius 2 is 0.929 bits per heavy atom. The fourth-order valence-electron chi connectivity index (χ4n) is 1.65. The van der Waals surface area contributed by atoms with Gasteiger partial charge in [0.2, 0.25) is 0 Å². The second-order valence-corrected chi connectivity index (χ2v) is 3.66. The molecular formula is C10H29GeN3. The predicted octanol–water partition coefficient (Wildman–Crippen LogP) is -0.632. The van der Waals surface area contributed by atoms with Crippen LogP contribution >= 0.6 is 0 Å². The summed E-state index contributed by atoms with van der Waals surface area (Å²) in [6.07, 6.45) is 7.16. The number of hydrogen-bond acceptors (Lipinski definition) is 3. The first-order valence-electron chi connectivity index (χ1n) is 5.45. The van der Waals surface area contributed by atoms with Crippen LogP contribution in [0.25, 0.3) is 0 Å². The first-order valence-corrected chi connectivity index (χ1v) is 5.45. The molecule has 3 nitrogen and oxygen atoms in total. The molecule has 14 heavy (non-hydrogen) atoms. The van der Waals surface area contributed by atoms with E-state index in [9.17, 15) is 0 Å². The molecule has 0 aliphatic rings. The fraction of sp³-hybridized carbons (Fsp3) is 1.00. The van der Waals surface area contributed by atoms with E-state index in [1.807, 2.05) is 0 Å². The summed E-state index contributed by atoms with van der Waals surface area (Å²) < 4.78 is 0. The molecule has 0 radical (unpaired) electrons. The van der Waals surface area contributed by atoms with E-state index in [1.54, 1.807) is 0 Å². The molecule has 0 atom stereocenters. The van der Waals surface area contributed by atoms with Crippen LogP contribution in [0.4, 0.5) is 0 Å². The van der Waals surface area contributed by atoms with Gasteiger partial charge in [-0.05, 0) is 64.1 Å². The Hall–Kier alpha value is 0.423. The van der Waals surface area contributed by atoms with Gasteiger partial charge in [0.05, 0.1) is 0 Å². The van der Waals surface area contributed by atoms with Gasteiger partial charge in [0, 0.05) is 0 Å². The zero-order valence-electron chi connectivity index (χ0n) is 8.67. The molecule has 0 rings (SSSR count). The molecule has 0 unspecified atom stereocenters. The molecule has 0 saturated heterocycles. The fourth-order valence-corrected chi connectivity index (χ4v) is 1.65. The summed E-state index contributed by atoms with van der Waals surface area (Å²) in [5.74, 6) is 0.802. The van der Waals surface area contributed by atoms with Crippen LogP contribution in [0.15, 0.2) is 0 Å². The Labute approximate surface area is 99.1 Å². The molecule has 0 spiro atoms. The third-order valence-corrected chi connectivity index (χ3v) is 2.45. The van der Waals surface area contributed by atoms with Crippen molar-refractivity contribution in [3.05, 3.63) is 0 Å². The standard InChI is InChI=1S/C10H25N3.GeH4/c11-7-1-4-10(5-2-8-12)6-3-9-13;/h10H,1-9,11-13H2;1H4. The van der Waals surface area contributed by atoms with Crippen LogP contribution in [0, 0.1) is 5.92 Å². The normalized spacial score (nSPS) is 10.3. The third-order valence-electron chi connectivity index (χ3n) is 2.45. The van der Waals surface area contributed by atoms with Gasteiger partial charge in [0.1, 0.15) is 0 Å². The average molecular weight is 264 g/mol. The Bertz CT molecular complexity index is 82.3. The summed E-state index contributed by atoms with van der Waals surface area (Å²) in [4.78, 5) is 0. The molecule has 0 heterocycles. The number of hydrogen-bond donors (Lipinski definition) is 3. The van der Waals surface area contributed by atoms with E-state index in [1.165, 1.54) is 19.3 Å². The second kappa shape index (κ2) is 13.4. The summed E-state index contributed by atoms with van der Waals surface area (Å²) in [5.41, 5.74) is 16.5.